The van der Waals surface area contributed by atoms with Gasteiger partial charge in [0, 0.05) is 6.42 Å². The van der Waals surface area contributed by atoms with Crippen LogP contribution in [0.1, 0.15) is 85.0 Å². The zero-order valence-electron chi connectivity index (χ0n) is 19.5. The predicted octanol–water partition coefficient (Wildman–Crippen LogP) is 2.21. The van der Waals surface area contributed by atoms with Crippen molar-refractivity contribution in [1.29, 1.82) is 0 Å². The van der Waals surface area contributed by atoms with Crippen LogP contribution in [-0.4, -0.2) is 69.6 Å². The average Bonchev–Trinajstić information content (AvgIpc) is 2.73. The van der Waals surface area contributed by atoms with Crippen molar-refractivity contribution in [3.8, 4) is 0 Å². The van der Waals surface area contributed by atoms with E-state index in [2.05, 4.69) is 4.74 Å². The molecule has 11 heteroatoms. The molecule has 4 unspecified atom stereocenters. The number of carboxylic acids is 2. The van der Waals surface area contributed by atoms with Crippen LogP contribution in [0.25, 0.3) is 0 Å². The Labute approximate surface area is 193 Å². The van der Waals surface area contributed by atoms with Gasteiger partial charge >= 0.3 is 29.8 Å². The number of ether oxygens (including phenoxy) is 3. The minimum Gasteiger partial charge on any atom is -0.479 e. The van der Waals surface area contributed by atoms with Crippen molar-refractivity contribution in [2.45, 2.75) is 109 Å². The Bertz CT molecular complexity index is 644. The van der Waals surface area contributed by atoms with Gasteiger partial charge in [0.2, 0.25) is 0 Å². The Hall–Kier alpha value is -2.69. The number of rotatable bonds is 18. The van der Waals surface area contributed by atoms with E-state index in [4.69, 9.17) is 24.8 Å². The van der Waals surface area contributed by atoms with Crippen molar-refractivity contribution in [2.75, 3.05) is 0 Å². The van der Waals surface area contributed by atoms with Crippen molar-refractivity contribution in [1.82, 2.24) is 0 Å². The number of carbonyl (C=O) groups is 5. The molecule has 0 fully saturated rings. The summed E-state index contributed by atoms with van der Waals surface area (Å²) >= 11 is 0. The SMILES string of the molecule is CC(O)C(=O)OC(CCCCCCCCCCC(=O)OC(C)C(=O)OC(C)C(=O)O)C(=O)O. The molecule has 4 atom stereocenters. The molecule has 0 saturated heterocycles. The first-order valence-corrected chi connectivity index (χ1v) is 11.2. The minimum atomic E-state index is -1.36. The molecule has 0 aromatic carbocycles. The van der Waals surface area contributed by atoms with Crippen LogP contribution in [0, 0.1) is 0 Å². The van der Waals surface area contributed by atoms with E-state index in [-0.39, 0.29) is 12.8 Å². The highest BCUT2D eigenvalue weighted by atomic mass is 16.6. The molecule has 0 aromatic rings. The quantitative estimate of drug-likeness (QED) is 0.150. The number of hydrogen-bond acceptors (Lipinski definition) is 9. The summed E-state index contributed by atoms with van der Waals surface area (Å²) in [6, 6.07) is 0. The Kier molecular flexibility index (Phi) is 15.5. The molecular weight excluding hydrogens is 440 g/mol. The van der Waals surface area contributed by atoms with Gasteiger partial charge in [0.1, 0.15) is 6.10 Å². The topological polar surface area (TPSA) is 174 Å². The average molecular weight is 477 g/mol. The normalized spacial score (nSPS) is 14.4. The third-order valence-corrected chi connectivity index (χ3v) is 4.75. The van der Waals surface area contributed by atoms with Crippen LogP contribution in [0.15, 0.2) is 0 Å². The molecule has 0 aliphatic heterocycles. The molecule has 0 bridgehead atoms. The van der Waals surface area contributed by atoms with Gasteiger partial charge in [0.05, 0.1) is 0 Å². The molecule has 190 valence electrons. The summed E-state index contributed by atoms with van der Waals surface area (Å²) < 4.78 is 14.3. The molecule has 0 radical (unpaired) electrons. The third-order valence-electron chi connectivity index (χ3n) is 4.75. The fourth-order valence-electron chi connectivity index (χ4n) is 2.76. The lowest BCUT2D eigenvalue weighted by Crippen LogP contribution is -2.32. The van der Waals surface area contributed by atoms with E-state index < -0.39 is 54.3 Å². The lowest BCUT2D eigenvalue weighted by atomic mass is 10.0. The highest BCUT2D eigenvalue weighted by molar-refractivity contribution is 5.82. The molecule has 3 N–H and O–H groups in total. The van der Waals surface area contributed by atoms with Crippen LogP contribution >= 0.6 is 0 Å². The van der Waals surface area contributed by atoms with Gasteiger partial charge in [-0.2, -0.15) is 0 Å². The van der Waals surface area contributed by atoms with E-state index >= 15 is 0 Å². The molecule has 0 heterocycles. The van der Waals surface area contributed by atoms with E-state index in [1.807, 2.05) is 0 Å². The van der Waals surface area contributed by atoms with Gasteiger partial charge in [-0.3, -0.25) is 4.79 Å². The molecule has 0 amide bonds. The second kappa shape index (κ2) is 16.9. The van der Waals surface area contributed by atoms with E-state index in [1.165, 1.54) is 20.8 Å². The summed E-state index contributed by atoms with van der Waals surface area (Å²) in [5.41, 5.74) is 0. The Balaban J connectivity index is 3.80. The number of unbranched alkanes of at least 4 members (excludes halogenated alkanes) is 7. The third kappa shape index (κ3) is 14.9. The van der Waals surface area contributed by atoms with Gasteiger partial charge in [0.25, 0.3) is 0 Å². The lowest BCUT2D eigenvalue weighted by molar-refractivity contribution is -0.174. The highest BCUT2D eigenvalue weighted by Gasteiger charge is 2.25. The van der Waals surface area contributed by atoms with Gasteiger partial charge < -0.3 is 29.5 Å². The Morgan fingerprint density at radius 1 is 0.636 bits per heavy atom. The highest BCUT2D eigenvalue weighted by Crippen LogP contribution is 2.14. The van der Waals surface area contributed by atoms with Gasteiger partial charge in [0.15, 0.2) is 18.3 Å². The van der Waals surface area contributed by atoms with Crippen molar-refractivity contribution in [2.24, 2.45) is 0 Å². The number of carboxylic acid groups (broad SMARTS) is 2. The van der Waals surface area contributed by atoms with Crippen LogP contribution in [0.2, 0.25) is 0 Å². The molecule has 0 saturated carbocycles. The first-order valence-electron chi connectivity index (χ1n) is 11.2. The molecule has 0 aliphatic rings. The van der Waals surface area contributed by atoms with Crippen LogP contribution < -0.4 is 0 Å². The van der Waals surface area contributed by atoms with Crippen LogP contribution in [0.4, 0.5) is 0 Å². The second-order valence-corrected chi connectivity index (χ2v) is 7.86. The van der Waals surface area contributed by atoms with Gasteiger partial charge in [-0.1, -0.05) is 38.5 Å². The van der Waals surface area contributed by atoms with Crippen LogP contribution in [0.3, 0.4) is 0 Å². The van der Waals surface area contributed by atoms with Gasteiger partial charge in [-0.05, 0) is 40.0 Å². The number of aliphatic carboxylic acids is 2. The van der Waals surface area contributed by atoms with Crippen LogP contribution in [-0.2, 0) is 38.2 Å². The lowest BCUT2D eigenvalue weighted by Gasteiger charge is -2.15. The fraction of sp³-hybridized carbons (Fsp3) is 0.773. The van der Waals surface area contributed by atoms with Crippen LogP contribution in [0.5, 0.6) is 0 Å². The molecule has 0 spiro atoms. The first-order chi connectivity index (χ1) is 15.5. The number of esters is 3. The molecular formula is C22H36O11. The summed E-state index contributed by atoms with van der Waals surface area (Å²) in [6.45, 7) is 3.74. The standard InChI is InChI=1S/C22H36O11/c1-14(23)21(29)33-17(20(27)28)12-10-8-6-4-5-7-9-11-13-18(24)31-16(3)22(30)32-15(2)19(25)26/h14-17,23H,4-13H2,1-3H3,(H,25,26)(H,27,28). The van der Waals surface area contributed by atoms with Crippen molar-refractivity contribution >= 4 is 29.8 Å². The van der Waals surface area contributed by atoms with E-state index in [0.29, 0.717) is 12.8 Å². The number of hydrogen-bond donors (Lipinski definition) is 3. The van der Waals surface area contributed by atoms with Crippen molar-refractivity contribution < 1.29 is 53.5 Å². The number of carbonyl (C=O) groups excluding carboxylic acids is 3. The second-order valence-electron chi connectivity index (χ2n) is 7.86. The maximum absolute atomic E-state index is 11.8. The zero-order valence-corrected chi connectivity index (χ0v) is 19.5. The smallest absolute Gasteiger partial charge is 0.347 e. The van der Waals surface area contributed by atoms with Gasteiger partial charge in [-0.15, -0.1) is 0 Å². The van der Waals surface area contributed by atoms with E-state index in [1.54, 1.807) is 0 Å². The molecule has 0 aliphatic carbocycles. The minimum absolute atomic E-state index is 0.147. The molecule has 33 heavy (non-hydrogen) atoms. The maximum Gasteiger partial charge on any atom is 0.347 e. The Morgan fingerprint density at radius 2 is 1.15 bits per heavy atom. The monoisotopic (exact) mass is 476 g/mol. The Morgan fingerprint density at radius 3 is 1.64 bits per heavy atom. The van der Waals surface area contributed by atoms with E-state index in [0.717, 1.165) is 38.5 Å². The largest absolute Gasteiger partial charge is 0.479 e. The summed E-state index contributed by atoms with van der Waals surface area (Å²) in [6.07, 6.45) is 1.71. The number of aliphatic hydroxyl groups excluding tert-OH is 1. The first kappa shape index (κ1) is 30.3. The van der Waals surface area contributed by atoms with E-state index in [9.17, 15) is 24.0 Å². The fourth-order valence-corrected chi connectivity index (χ4v) is 2.76. The molecule has 11 nitrogen and oxygen atoms in total. The number of aliphatic hydroxyl groups is 1. The summed E-state index contributed by atoms with van der Waals surface area (Å²) in [7, 11) is 0. The molecule has 0 rings (SSSR count). The summed E-state index contributed by atoms with van der Waals surface area (Å²) in [5, 5.41) is 26.8. The van der Waals surface area contributed by atoms with Crippen molar-refractivity contribution in [3.63, 3.8) is 0 Å². The summed E-state index contributed by atoms with van der Waals surface area (Å²) in [5.74, 6) is -4.93. The zero-order chi connectivity index (χ0) is 25.4. The summed E-state index contributed by atoms with van der Waals surface area (Å²) in [4.78, 5) is 56.4. The predicted molar refractivity (Wildman–Crippen MR) is 114 cm³/mol. The maximum atomic E-state index is 11.8. The van der Waals surface area contributed by atoms with Gasteiger partial charge in [-0.25, -0.2) is 19.2 Å². The molecule has 0 aromatic heterocycles. The van der Waals surface area contributed by atoms with Crippen molar-refractivity contribution in [3.05, 3.63) is 0 Å².